The Morgan fingerprint density at radius 3 is 1.36 bits per heavy atom. The van der Waals surface area contributed by atoms with Crippen LogP contribution in [0, 0.1) is 0 Å². The molecule has 0 atom stereocenters. The lowest BCUT2D eigenvalue weighted by Crippen LogP contribution is -1.66. The molecular weight excluding hydrogens is 138 g/mol. The first-order valence-corrected chi connectivity index (χ1v) is 3.28. The van der Waals surface area contributed by atoms with Gasteiger partial charge in [0.25, 0.3) is 0 Å². The fourth-order valence-electron chi connectivity index (χ4n) is 0.531. The summed E-state index contributed by atoms with van der Waals surface area (Å²) in [6, 6.07) is 3.89. The highest BCUT2D eigenvalue weighted by Crippen LogP contribution is 1.72. The first-order valence-electron chi connectivity index (χ1n) is 3.28. The molecule has 0 spiro atoms. The van der Waals surface area contributed by atoms with Crippen LogP contribution in [0.5, 0.6) is 0 Å². The van der Waals surface area contributed by atoms with Gasteiger partial charge in [0, 0.05) is 37.2 Å². The minimum Gasteiger partial charge on any atom is -0.368 e. The van der Waals surface area contributed by atoms with Gasteiger partial charge < -0.3 is 4.98 Å². The Bertz CT molecular complexity index is 195. The Morgan fingerprint density at radius 1 is 0.727 bits per heavy atom. The molecule has 0 fully saturated rings. The van der Waals surface area contributed by atoms with Gasteiger partial charge in [-0.05, 0) is 12.1 Å². The van der Waals surface area contributed by atoms with Gasteiger partial charge in [0.2, 0.25) is 0 Å². The first-order chi connectivity index (χ1) is 5.50. The van der Waals surface area contributed by atoms with Gasteiger partial charge in [-0.25, -0.2) is 0 Å². The minimum atomic E-state index is 1.64. The molecule has 0 aromatic carbocycles. The number of hydrogen-bond acceptors (Lipinski definition) is 2. The van der Waals surface area contributed by atoms with E-state index in [2.05, 4.69) is 15.0 Å². The van der Waals surface area contributed by atoms with E-state index in [1.165, 1.54) is 0 Å². The molecule has 0 unspecified atom stereocenters. The molecule has 2 aromatic heterocycles. The van der Waals surface area contributed by atoms with Crippen LogP contribution >= 0.6 is 0 Å². The van der Waals surface area contributed by atoms with Crippen molar-refractivity contribution in [1.29, 1.82) is 0 Å². The number of hydrogen-bond donors (Lipinski definition) is 1. The smallest absolute Gasteiger partial charge is 0.0451 e. The van der Waals surface area contributed by atoms with Crippen molar-refractivity contribution in [3.05, 3.63) is 49.3 Å². The highest BCUT2D eigenvalue weighted by Gasteiger charge is 1.59. The fourth-order valence-corrected chi connectivity index (χ4v) is 0.531. The molecule has 2 heterocycles. The van der Waals surface area contributed by atoms with Gasteiger partial charge in [-0.2, -0.15) is 0 Å². The van der Waals surface area contributed by atoms with Crippen molar-refractivity contribution in [2.24, 2.45) is 0 Å². The molecule has 0 aliphatic heterocycles. The maximum absolute atomic E-state index is 3.72. The normalized spacial score (nSPS) is 8.00. The van der Waals surface area contributed by atoms with Crippen molar-refractivity contribution < 1.29 is 0 Å². The third kappa shape index (κ3) is 3.86. The Hall–Kier alpha value is -1.64. The summed E-state index contributed by atoms with van der Waals surface area (Å²) in [4.78, 5) is 10.3. The Morgan fingerprint density at radius 2 is 1.18 bits per heavy atom. The summed E-state index contributed by atoms with van der Waals surface area (Å²) in [6.07, 6.45) is 10.3. The third-order valence-electron chi connectivity index (χ3n) is 0.974. The molecule has 0 aliphatic rings. The van der Waals surface area contributed by atoms with Crippen LogP contribution in [0.4, 0.5) is 0 Å². The van der Waals surface area contributed by atoms with Crippen molar-refractivity contribution in [3.8, 4) is 0 Å². The first kappa shape index (κ1) is 7.47. The SMILES string of the molecule is c1cc[nH]c1.c1cnccn1. The molecule has 0 saturated carbocycles. The standard InChI is InChI=1S/C4H4N2.C4H5N/c1-2-6-4-3-5-1;1-2-4-5-3-1/h1-4H;1-5H. The van der Waals surface area contributed by atoms with Crippen molar-refractivity contribution >= 4 is 0 Å². The van der Waals surface area contributed by atoms with E-state index < -0.39 is 0 Å². The van der Waals surface area contributed by atoms with Crippen LogP contribution in [-0.4, -0.2) is 15.0 Å². The Kier molecular flexibility index (Phi) is 3.51. The summed E-state index contributed by atoms with van der Waals surface area (Å²) < 4.78 is 0. The largest absolute Gasteiger partial charge is 0.368 e. The Balaban J connectivity index is 0.000000112. The van der Waals surface area contributed by atoms with Gasteiger partial charge in [0.1, 0.15) is 0 Å². The molecule has 0 bridgehead atoms. The monoisotopic (exact) mass is 147 g/mol. The second-order valence-corrected chi connectivity index (χ2v) is 1.78. The van der Waals surface area contributed by atoms with Gasteiger partial charge in [-0.15, -0.1) is 0 Å². The number of aromatic amines is 1. The average molecular weight is 147 g/mol. The molecular formula is C8H9N3. The number of aromatic nitrogens is 3. The van der Waals surface area contributed by atoms with E-state index in [4.69, 9.17) is 0 Å². The molecule has 3 heteroatoms. The van der Waals surface area contributed by atoms with E-state index in [1.807, 2.05) is 24.5 Å². The summed E-state index contributed by atoms with van der Waals surface area (Å²) in [5.41, 5.74) is 0. The zero-order valence-electron chi connectivity index (χ0n) is 6.01. The number of H-pyrrole nitrogens is 1. The third-order valence-corrected chi connectivity index (χ3v) is 0.974. The highest BCUT2D eigenvalue weighted by atomic mass is 14.7. The highest BCUT2D eigenvalue weighted by molar-refractivity contribution is 4.84. The quantitative estimate of drug-likeness (QED) is 0.613. The van der Waals surface area contributed by atoms with Crippen molar-refractivity contribution in [2.45, 2.75) is 0 Å². The number of nitrogens with zero attached hydrogens (tertiary/aromatic N) is 2. The van der Waals surface area contributed by atoms with Crippen LogP contribution in [0.25, 0.3) is 0 Å². The molecule has 56 valence electrons. The predicted molar refractivity (Wildman–Crippen MR) is 42.8 cm³/mol. The zero-order chi connectivity index (χ0) is 7.78. The van der Waals surface area contributed by atoms with Crippen LogP contribution in [-0.2, 0) is 0 Å². The maximum atomic E-state index is 3.72. The van der Waals surface area contributed by atoms with Crippen molar-refractivity contribution in [3.63, 3.8) is 0 Å². The van der Waals surface area contributed by atoms with Crippen molar-refractivity contribution in [1.82, 2.24) is 15.0 Å². The lowest BCUT2D eigenvalue weighted by atomic mass is 10.7. The van der Waals surface area contributed by atoms with E-state index in [0.717, 1.165) is 0 Å². The van der Waals surface area contributed by atoms with E-state index in [1.54, 1.807) is 24.8 Å². The Labute approximate surface area is 65.1 Å². The zero-order valence-corrected chi connectivity index (χ0v) is 6.01. The number of nitrogens with one attached hydrogen (secondary N) is 1. The van der Waals surface area contributed by atoms with Gasteiger partial charge in [0.15, 0.2) is 0 Å². The summed E-state index contributed by atoms with van der Waals surface area (Å²) in [5, 5.41) is 0. The van der Waals surface area contributed by atoms with Gasteiger partial charge in [-0.1, -0.05) is 0 Å². The minimum absolute atomic E-state index is 1.64. The molecule has 0 amide bonds. The summed E-state index contributed by atoms with van der Waals surface area (Å²) in [7, 11) is 0. The van der Waals surface area contributed by atoms with Crippen molar-refractivity contribution in [2.75, 3.05) is 0 Å². The molecule has 0 radical (unpaired) electrons. The molecule has 2 aromatic rings. The lowest BCUT2D eigenvalue weighted by Gasteiger charge is -1.70. The van der Waals surface area contributed by atoms with Crippen LogP contribution in [0.3, 0.4) is 0 Å². The van der Waals surface area contributed by atoms with Crippen LogP contribution < -0.4 is 0 Å². The van der Waals surface area contributed by atoms with E-state index in [0.29, 0.717) is 0 Å². The summed E-state index contributed by atoms with van der Waals surface area (Å²) in [6.45, 7) is 0. The fraction of sp³-hybridized carbons (Fsp3) is 0. The van der Waals surface area contributed by atoms with Gasteiger partial charge in [-0.3, -0.25) is 9.97 Å². The molecule has 2 rings (SSSR count). The summed E-state index contributed by atoms with van der Waals surface area (Å²) in [5.74, 6) is 0. The van der Waals surface area contributed by atoms with Crippen LogP contribution in [0.15, 0.2) is 49.3 Å². The molecule has 0 aliphatic carbocycles. The van der Waals surface area contributed by atoms with Gasteiger partial charge in [0.05, 0.1) is 0 Å². The van der Waals surface area contributed by atoms with E-state index in [9.17, 15) is 0 Å². The molecule has 1 N–H and O–H groups in total. The predicted octanol–water partition coefficient (Wildman–Crippen LogP) is 1.49. The molecule has 3 nitrogen and oxygen atoms in total. The topological polar surface area (TPSA) is 41.6 Å². The number of rotatable bonds is 0. The van der Waals surface area contributed by atoms with Gasteiger partial charge >= 0.3 is 0 Å². The van der Waals surface area contributed by atoms with E-state index >= 15 is 0 Å². The van der Waals surface area contributed by atoms with Crippen LogP contribution in [0.1, 0.15) is 0 Å². The second-order valence-electron chi connectivity index (χ2n) is 1.78. The molecule has 0 saturated heterocycles. The van der Waals surface area contributed by atoms with Crippen LogP contribution in [0.2, 0.25) is 0 Å². The summed E-state index contributed by atoms with van der Waals surface area (Å²) >= 11 is 0. The lowest BCUT2D eigenvalue weighted by molar-refractivity contribution is 1.20. The molecule has 11 heavy (non-hydrogen) atoms. The average Bonchev–Trinajstić information content (AvgIpc) is 2.64. The van der Waals surface area contributed by atoms with E-state index in [-0.39, 0.29) is 0 Å². The maximum Gasteiger partial charge on any atom is 0.0451 e. The second kappa shape index (κ2) is 5.17.